The number of H-pyrrole nitrogens is 1. The van der Waals surface area contributed by atoms with E-state index < -0.39 is 5.97 Å². The molecule has 1 saturated heterocycles. The Morgan fingerprint density at radius 2 is 2.25 bits per heavy atom. The largest absolute Gasteiger partial charge is 0.464 e. The first-order chi connectivity index (χ1) is 7.72. The summed E-state index contributed by atoms with van der Waals surface area (Å²) in [6.07, 6.45) is 1.86. The molecule has 1 aromatic rings. The van der Waals surface area contributed by atoms with Crippen molar-refractivity contribution in [1.29, 1.82) is 0 Å². The minimum Gasteiger partial charge on any atom is -0.464 e. The molecule has 0 saturated carbocycles. The number of nitrogens with one attached hydrogen (secondary N) is 1. The predicted octanol–water partition coefficient (Wildman–Crippen LogP) is 1.85. The molecule has 1 N–H and O–H groups in total. The van der Waals surface area contributed by atoms with Crippen molar-refractivity contribution in [2.75, 3.05) is 20.3 Å². The van der Waals surface area contributed by atoms with E-state index in [1.807, 2.05) is 0 Å². The summed E-state index contributed by atoms with van der Waals surface area (Å²) >= 11 is 3.25. The summed E-state index contributed by atoms with van der Waals surface area (Å²) in [5, 5.41) is 0. The zero-order valence-corrected chi connectivity index (χ0v) is 10.5. The Labute approximate surface area is 102 Å². The van der Waals surface area contributed by atoms with Gasteiger partial charge in [-0.05, 0) is 28.8 Å². The van der Waals surface area contributed by atoms with Gasteiger partial charge in [0.05, 0.1) is 7.11 Å². The third-order valence-electron chi connectivity index (χ3n) is 2.68. The van der Waals surface area contributed by atoms with Gasteiger partial charge in [0, 0.05) is 19.1 Å². The highest BCUT2D eigenvalue weighted by molar-refractivity contribution is 9.10. The average Bonchev–Trinajstić information content (AvgIpc) is 2.71. The van der Waals surface area contributed by atoms with E-state index in [0.717, 1.165) is 31.9 Å². The molecule has 1 fully saturated rings. The maximum Gasteiger partial charge on any atom is 0.357 e. The molecule has 6 heteroatoms. The van der Waals surface area contributed by atoms with Crippen LogP contribution < -0.4 is 0 Å². The molecule has 2 heterocycles. The molecule has 1 aliphatic rings. The number of carbonyl (C=O) groups excluding carboxylic acids is 1. The lowest BCUT2D eigenvalue weighted by atomic mass is 10.00. The van der Waals surface area contributed by atoms with Crippen molar-refractivity contribution >= 4 is 21.9 Å². The number of ether oxygens (including phenoxy) is 2. The van der Waals surface area contributed by atoms with E-state index in [4.69, 9.17) is 4.74 Å². The second kappa shape index (κ2) is 4.97. The van der Waals surface area contributed by atoms with Gasteiger partial charge in [-0.1, -0.05) is 0 Å². The van der Waals surface area contributed by atoms with E-state index in [-0.39, 0.29) is 0 Å². The van der Waals surface area contributed by atoms with Crippen molar-refractivity contribution in [3.05, 3.63) is 16.1 Å². The minimum absolute atomic E-state index is 0.337. The van der Waals surface area contributed by atoms with Crippen LogP contribution in [0.3, 0.4) is 0 Å². The smallest absolute Gasteiger partial charge is 0.357 e. The fourth-order valence-electron chi connectivity index (χ4n) is 1.77. The standard InChI is InChI=1S/C10H13BrN2O3/c1-15-10(14)7-8(11)13-9(12-7)6-2-4-16-5-3-6/h6H,2-5H2,1H3,(H,12,13). The molecule has 5 nitrogen and oxygen atoms in total. The van der Waals surface area contributed by atoms with Crippen molar-refractivity contribution in [2.24, 2.45) is 0 Å². The van der Waals surface area contributed by atoms with E-state index in [1.54, 1.807) is 0 Å². The minimum atomic E-state index is -0.405. The maximum atomic E-state index is 11.4. The number of aromatic nitrogens is 2. The van der Waals surface area contributed by atoms with E-state index in [2.05, 4.69) is 30.6 Å². The number of halogens is 1. The zero-order chi connectivity index (χ0) is 11.5. The quantitative estimate of drug-likeness (QED) is 0.844. The number of esters is 1. The van der Waals surface area contributed by atoms with E-state index in [1.165, 1.54) is 7.11 Å². The van der Waals surface area contributed by atoms with Crippen LogP contribution in [-0.4, -0.2) is 36.3 Å². The van der Waals surface area contributed by atoms with Gasteiger partial charge in [0.2, 0.25) is 0 Å². The molecule has 0 atom stereocenters. The normalized spacial score (nSPS) is 17.4. The monoisotopic (exact) mass is 288 g/mol. The van der Waals surface area contributed by atoms with Crippen molar-refractivity contribution < 1.29 is 14.3 Å². The number of hydrogen-bond donors (Lipinski definition) is 1. The summed E-state index contributed by atoms with van der Waals surface area (Å²) in [7, 11) is 1.35. The van der Waals surface area contributed by atoms with Gasteiger partial charge in [0.1, 0.15) is 10.4 Å². The molecule has 0 spiro atoms. The van der Waals surface area contributed by atoms with Crippen LogP contribution in [-0.2, 0) is 9.47 Å². The van der Waals surface area contributed by atoms with Crippen LogP contribution in [0.15, 0.2) is 4.60 Å². The fourth-order valence-corrected chi connectivity index (χ4v) is 2.22. The Balaban J connectivity index is 2.19. The lowest BCUT2D eigenvalue weighted by Crippen LogP contribution is -2.15. The van der Waals surface area contributed by atoms with E-state index in [0.29, 0.717) is 16.2 Å². The summed E-state index contributed by atoms with van der Waals surface area (Å²) < 4.78 is 10.4. The molecular weight excluding hydrogens is 276 g/mol. The highest BCUT2D eigenvalue weighted by Gasteiger charge is 2.23. The van der Waals surface area contributed by atoms with E-state index in [9.17, 15) is 4.79 Å². The number of methoxy groups -OCH3 is 1. The Bertz CT molecular complexity index is 385. The van der Waals surface area contributed by atoms with Crippen LogP contribution in [0, 0.1) is 0 Å². The highest BCUT2D eigenvalue weighted by atomic mass is 79.9. The number of imidazole rings is 1. The number of nitrogens with zero attached hydrogens (tertiary/aromatic N) is 1. The fraction of sp³-hybridized carbons (Fsp3) is 0.600. The van der Waals surface area contributed by atoms with Gasteiger partial charge in [-0.25, -0.2) is 9.78 Å². The first-order valence-corrected chi connectivity index (χ1v) is 5.93. The molecule has 2 rings (SSSR count). The van der Waals surface area contributed by atoms with Crippen LogP contribution in [0.2, 0.25) is 0 Å². The summed E-state index contributed by atoms with van der Waals surface area (Å²) in [6.45, 7) is 1.49. The topological polar surface area (TPSA) is 64.2 Å². The van der Waals surface area contributed by atoms with Gasteiger partial charge >= 0.3 is 5.97 Å². The van der Waals surface area contributed by atoms with Crippen molar-refractivity contribution in [3.63, 3.8) is 0 Å². The Morgan fingerprint density at radius 1 is 1.56 bits per heavy atom. The van der Waals surface area contributed by atoms with Gasteiger partial charge in [-0.3, -0.25) is 0 Å². The molecule has 0 aliphatic carbocycles. The number of rotatable bonds is 2. The number of carbonyl (C=O) groups is 1. The van der Waals surface area contributed by atoms with E-state index >= 15 is 0 Å². The molecule has 88 valence electrons. The second-order valence-electron chi connectivity index (χ2n) is 3.67. The predicted molar refractivity (Wildman–Crippen MR) is 60.4 cm³/mol. The number of aromatic amines is 1. The second-order valence-corrected chi connectivity index (χ2v) is 4.42. The molecule has 0 aromatic carbocycles. The first kappa shape index (κ1) is 11.6. The molecule has 0 bridgehead atoms. The van der Waals surface area contributed by atoms with Gasteiger partial charge < -0.3 is 14.5 Å². The Hall–Kier alpha value is -0.880. The van der Waals surface area contributed by atoms with Crippen molar-refractivity contribution in [1.82, 2.24) is 9.97 Å². The van der Waals surface area contributed by atoms with Crippen molar-refractivity contribution in [2.45, 2.75) is 18.8 Å². The SMILES string of the molecule is COC(=O)c1[nH]c(C2CCOCC2)nc1Br. The molecule has 16 heavy (non-hydrogen) atoms. The molecule has 0 unspecified atom stereocenters. The Kier molecular flexibility index (Phi) is 3.60. The summed E-state index contributed by atoms with van der Waals surface area (Å²) in [5.41, 5.74) is 0.379. The summed E-state index contributed by atoms with van der Waals surface area (Å²) in [4.78, 5) is 18.7. The van der Waals surface area contributed by atoms with Crippen LogP contribution in [0.4, 0.5) is 0 Å². The maximum absolute atomic E-state index is 11.4. The lowest BCUT2D eigenvalue weighted by Gasteiger charge is -2.19. The lowest BCUT2D eigenvalue weighted by molar-refractivity contribution is 0.0593. The van der Waals surface area contributed by atoms with Gasteiger partial charge in [-0.15, -0.1) is 0 Å². The number of hydrogen-bond acceptors (Lipinski definition) is 4. The van der Waals surface area contributed by atoms with Crippen LogP contribution >= 0.6 is 15.9 Å². The zero-order valence-electron chi connectivity index (χ0n) is 8.96. The first-order valence-electron chi connectivity index (χ1n) is 5.14. The summed E-state index contributed by atoms with van der Waals surface area (Å²) in [5.74, 6) is 0.761. The third-order valence-corrected chi connectivity index (χ3v) is 3.25. The molecule has 1 aliphatic heterocycles. The van der Waals surface area contributed by atoms with Crippen LogP contribution in [0.25, 0.3) is 0 Å². The average molecular weight is 289 g/mol. The molecule has 0 radical (unpaired) electrons. The molecule has 1 aromatic heterocycles. The third kappa shape index (κ3) is 2.27. The van der Waals surface area contributed by atoms with Crippen LogP contribution in [0.1, 0.15) is 35.1 Å². The van der Waals surface area contributed by atoms with Gasteiger partial charge in [-0.2, -0.15) is 0 Å². The van der Waals surface area contributed by atoms with Crippen LogP contribution in [0.5, 0.6) is 0 Å². The van der Waals surface area contributed by atoms with Crippen molar-refractivity contribution in [3.8, 4) is 0 Å². The molecule has 0 amide bonds. The highest BCUT2D eigenvalue weighted by Crippen LogP contribution is 2.27. The van der Waals surface area contributed by atoms with Gasteiger partial charge in [0.25, 0.3) is 0 Å². The molecular formula is C10H13BrN2O3. The summed E-state index contributed by atoms with van der Waals surface area (Å²) in [6, 6.07) is 0. The Morgan fingerprint density at radius 3 is 2.88 bits per heavy atom. The van der Waals surface area contributed by atoms with Gasteiger partial charge in [0.15, 0.2) is 5.69 Å².